The Bertz CT molecular complexity index is 247. The maximum absolute atomic E-state index is 3.88. The number of thioether (sulfide) groups is 1. The first-order chi connectivity index (χ1) is 6.20. The molecule has 1 rings (SSSR count). The van der Waals surface area contributed by atoms with Crippen LogP contribution in [0.1, 0.15) is 6.42 Å². The summed E-state index contributed by atoms with van der Waals surface area (Å²) in [6, 6.07) is 0. The van der Waals surface area contributed by atoms with E-state index in [0.717, 1.165) is 23.9 Å². The van der Waals surface area contributed by atoms with Crippen LogP contribution in [0.25, 0.3) is 0 Å². The summed E-state index contributed by atoms with van der Waals surface area (Å²) in [6.45, 7) is 1.11. The summed E-state index contributed by atoms with van der Waals surface area (Å²) in [7, 11) is 6.01. The lowest BCUT2D eigenvalue weighted by molar-refractivity contribution is 0.410. The third-order valence-corrected chi connectivity index (χ3v) is 2.66. The van der Waals surface area contributed by atoms with E-state index in [1.165, 1.54) is 0 Å². The van der Waals surface area contributed by atoms with Crippen LogP contribution in [0.2, 0.25) is 0 Å². The number of nitrogens with zero attached hydrogens (tertiary/aromatic N) is 5. The topological polar surface area (TPSA) is 46.8 Å². The molecular formula is C7H15N5S. The number of hydrogen-bond donors (Lipinski definition) is 0. The SMILES string of the molecule is CN(C)CCCSc1nnnn1C. The van der Waals surface area contributed by atoms with Gasteiger partial charge in [0.25, 0.3) is 0 Å². The van der Waals surface area contributed by atoms with Crippen LogP contribution >= 0.6 is 11.8 Å². The Morgan fingerprint density at radius 1 is 1.46 bits per heavy atom. The summed E-state index contributed by atoms with van der Waals surface area (Å²) >= 11 is 1.70. The third kappa shape index (κ3) is 3.73. The first-order valence-corrected chi connectivity index (χ1v) is 5.18. The maximum atomic E-state index is 3.88. The minimum absolute atomic E-state index is 0.888. The predicted octanol–water partition coefficient (Wildman–Crippen LogP) is 0.254. The van der Waals surface area contributed by atoms with E-state index in [9.17, 15) is 0 Å². The van der Waals surface area contributed by atoms with Crippen molar-refractivity contribution in [1.29, 1.82) is 0 Å². The average molecular weight is 201 g/mol. The quantitative estimate of drug-likeness (QED) is 0.505. The van der Waals surface area contributed by atoms with E-state index in [1.807, 2.05) is 7.05 Å². The molecule has 1 aromatic rings. The van der Waals surface area contributed by atoms with Gasteiger partial charge in [-0.05, 0) is 37.5 Å². The van der Waals surface area contributed by atoms with Gasteiger partial charge in [-0.15, -0.1) is 5.10 Å². The van der Waals surface area contributed by atoms with Crippen molar-refractivity contribution in [2.24, 2.45) is 7.05 Å². The molecule has 0 aliphatic carbocycles. The van der Waals surface area contributed by atoms with Crippen LogP contribution in [0.4, 0.5) is 0 Å². The van der Waals surface area contributed by atoms with Crippen molar-refractivity contribution in [3.63, 3.8) is 0 Å². The normalized spacial score (nSPS) is 11.1. The molecule has 0 bridgehead atoms. The molecule has 5 nitrogen and oxygen atoms in total. The third-order valence-electron chi connectivity index (χ3n) is 1.56. The van der Waals surface area contributed by atoms with E-state index in [0.29, 0.717) is 0 Å². The van der Waals surface area contributed by atoms with Gasteiger partial charge in [0.2, 0.25) is 5.16 Å². The molecule has 0 amide bonds. The Balaban J connectivity index is 2.17. The first kappa shape index (κ1) is 10.5. The number of tetrazole rings is 1. The first-order valence-electron chi connectivity index (χ1n) is 4.20. The van der Waals surface area contributed by atoms with E-state index in [2.05, 4.69) is 34.5 Å². The fourth-order valence-corrected chi connectivity index (χ4v) is 1.66. The highest BCUT2D eigenvalue weighted by Crippen LogP contribution is 2.12. The molecule has 0 radical (unpaired) electrons. The number of aromatic nitrogens is 4. The molecule has 1 heterocycles. The van der Waals surface area contributed by atoms with E-state index < -0.39 is 0 Å². The Hall–Kier alpha value is -0.620. The monoisotopic (exact) mass is 201 g/mol. The number of hydrogen-bond acceptors (Lipinski definition) is 5. The molecule has 0 aromatic carbocycles. The molecule has 0 aliphatic heterocycles. The van der Waals surface area contributed by atoms with Crippen molar-refractivity contribution in [3.8, 4) is 0 Å². The van der Waals surface area contributed by atoms with Gasteiger partial charge in [-0.1, -0.05) is 11.8 Å². The standard InChI is InChI=1S/C7H15N5S/c1-11(2)5-4-6-13-7-8-9-10-12(7)3/h4-6H2,1-3H3. The molecule has 6 heteroatoms. The molecule has 0 fully saturated rings. The zero-order valence-electron chi connectivity index (χ0n) is 8.27. The zero-order chi connectivity index (χ0) is 9.68. The maximum Gasteiger partial charge on any atom is 0.209 e. The second-order valence-electron chi connectivity index (χ2n) is 3.09. The van der Waals surface area contributed by atoms with E-state index >= 15 is 0 Å². The largest absolute Gasteiger partial charge is 0.309 e. The minimum Gasteiger partial charge on any atom is -0.309 e. The smallest absolute Gasteiger partial charge is 0.209 e. The molecule has 1 aromatic heterocycles. The number of rotatable bonds is 5. The molecule has 13 heavy (non-hydrogen) atoms. The van der Waals surface area contributed by atoms with Gasteiger partial charge in [-0.3, -0.25) is 0 Å². The van der Waals surface area contributed by atoms with E-state index in [-0.39, 0.29) is 0 Å². The summed E-state index contributed by atoms with van der Waals surface area (Å²) in [6.07, 6.45) is 1.16. The van der Waals surface area contributed by atoms with Crippen molar-refractivity contribution < 1.29 is 0 Å². The summed E-state index contributed by atoms with van der Waals surface area (Å²) in [4.78, 5) is 2.18. The van der Waals surface area contributed by atoms with Crippen LogP contribution in [-0.2, 0) is 7.05 Å². The number of aryl methyl sites for hydroxylation is 1. The van der Waals surface area contributed by atoms with Gasteiger partial charge in [0.1, 0.15) is 0 Å². The van der Waals surface area contributed by atoms with Gasteiger partial charge in [0, 0.05) is 12.8 Å². The van der Waals surface area contributed by atoms with Crippen LogP contribution in [-0.4, -0.2) is 51.5 Å². The zero-order valence-corrected chi connectivity index (χ0v) is 9.08. The van der Waals surface area contributed by atoms with Crippen LogP contribution in [0.3, 0.4) is 0 Å². The van der Waals surface area contributed by atoms with Crippen LogP contribution in [0.5, 0.6) is 0 Å². The van der Waals surface area contributed by atoms with Gasteiger partial charge in [0.05, 0.1) is 0 Å². The van der Waals surface area contributed by atoms with E-state index in [1.54, 1.807) is 16.4 Å². The summed E-state index contributed by atoms with van der Waals surface area (Å²) < 4.78 is 1.69. The Kier molecular flexibility index (Phi) is 4.17. The van der Waals surface area contributed by atoms with Crippen LogP contribution in [0.15, 0.2) is 5.16 Å². The van der Waals surface area contributed by atoms with Gasteiger partial charge in [-0.25, -0.2) is 4.68 Å². The van der Waals surface area contributed by atoms with Crippen LogP contribution in [0, 0.1) is 0 Å². The highest BCUT2D eigenvalue weighted by molar-refractivity contribution is 7.99. The molecule has 0 spiro atoms. The molecule has 0 aliphatic rings. The Morgan fingerprint density at radius 2 is 2.23 bits per heavy atom. The lowest BCUT2D eigenvalue weighted by atomic mass is 10.5. The molecule has 0 saturated carbocycles. The van der Waals surface area contributed by atoms with Crippen molar-refractivity contribution in [2.45, 2.75) is 11.6 Å². The molecule has 74 valence electrons. The average Bonchev–Trinajstić information content (AvgIpc) is 2.45. The predicted molar refractivity (Wildman–Crippen MR) is 52.7 cm³/mol. The fourth-order valence-electron chi connectivity index (χ4n) is 0.888. The highest BCUT2D eigenvalue weighted by atomic mass is 32.2. The van der Waals surface area contributed by atoms with Crippen molar-refractivity contribution >= 4 is 11.8 Å². The molecule has 0 N–H and O–H groups in total. The molecule has 0 saturated heterocycles. The summed E-state index contributed by atoms with van der Waals surface area (Å²) in [5.74, 6) is 1.06. The van der Waals surface area contributed by atoms with E-state index in [4.69, 9.17) is 0 Å². The summed E-state index contributed by atoms with van der Waals surface area (Å²) in [5.41, 5.74) is 0. The van der Waals surface area contributed by atoms with Crippen molar-refractivity contribution in [1.82, 2.24) is 25.1 Å². The lowest BCUT2D eigenvalue weighted by Crippen LogP contribution is -2.13. The van der Waals surface area contributed by atoms with Gasteiger partial charge in [-0.2, -0.15) is 0 Å². The summed E-state index contributed by atoms with van der Waals surface area (Å²) in [5, 5.41) is 12.1. The second kappa shape index (κ2) is 5.18. The molecular weight excluding hydrogens is 186 g/mol. The molecule has 0 atom stereocenters. The van der Waals surface area contributed by atoms with Gasteiger partial charge >= 0.3 is 0 Å². The van der Waals surface area contributed by atoms with Crippen molar-refractivity contribution in [3.05, 3.63) is 0 Å². The van der Waals surface area contributed by atoms with Gasteiger partial charge in [0.15, 0.2) is 0 Å². The van der Waals surface area contributed by atoms with Crippen molar-refractivity contribution in [2.75, 3.05) is 26.4 Å². The highest BCUT2D eigenvalue weighted by Gasteiger charge is 2.01. The molecule has 0 unspecified atom stereocenters. The Labute approximate surface area is 82.5 Å². The second-order valence-corrected chi connectivity index (χ2v) is 4.15. The van der Waals surface area contributed by atoms with Gasteiger partial charge < -0.3 is 4.90 Å². The van der Waals surface area contributed by atoms with Crippen LogP contribution < -0.4 is 0 Å². The Morgan fingerprint density at radius 3 is 2.77 bits per heavy atom. The lowest BCUT2D eigenvalue weighted by Gasteiger charge is -2.07. The fraction of sp³-hybridized carbons (Fsp3) is 0.857. The minimum atomic E-state index is 0.888.